The summed E-state index contributed by atoms with van der Waals surface area (Å²) in [7, 11) is 1.31. The first-order valence-corrected chi connectivity index (χ1v) is 7.81. The van der Waals surface area contributed by atoms with Gasteiger partial charge in [-0.15, -0.1) is 0 Å². The molecule has 1 aliphatic rings. The highest BCUT2D eigenvalue weighted by molar-refractivity contribution is 6.39. The molecule has 1 fully saturated rings. The zero-order chi connectivity index (χ0) is 20.4. The third-order valence-corrected chi connectivity index (χ3v) is 3.89. The predicted molar refractivity (Wildman–Crippen MR) is 95.1 cm³/mol. The van der Waals surface area contributed by atoms with Crippen molar-refractivity contribution < 1.29 is 28.4 Å². The van der Waals surface area contributed by atoms with E-state index >= 15 is 0 Å². The summed E-state index contributed by atoms with van der Waals surface area (Å²) < 4.78 is 18.6. The average molecular weight is 385 g/mol. The summed E-state index contributed by atoms with van der Waals surface area (Å²) in [6, 6.07) is 7.30. The molecule has 28 heavy (non-hydrogen) atoms. The molecule has 2 aromatic rings. The molecule has 9 nitrogen and oxygen atoms in total. The molecule has 0 bridgehead atoms. The van der Waals surface area contributed by atoms with Crippen LogP contribution in [-0.2, 0) is 9.59 Å². The molecule has 1 aliphatic heterocycles. The van der Waals surface area contributed by atoms with E-state index in [4.69, 9.17) is 4.74 Å². The van der Waals surface area contributed by atoms with Crippen LogP contribution >= 0.6 is 0 Å². The number of barbiturate groups is 1. The van der Waals surface area contributed by atoms with Gasteiger partial charge in [0.25, 0.3) is 17.5 Å². The van der Waals surface area contributed by atoms with Crippen LogP contribution in [0.1, 0.15) is 5.56 Å². The first-order valence-electron chi connectivity index (χ1n) is 7.81. The lowest BCUT2D eigenvalue weighted by atomic mass is 10.1. The van der Waals surface area contributed by atoms with Gasteiger partial charge in [0.05, 0.1) is 17.7 Å². The molecule has 142 valence electrons. The second-order valence-electron chi connectivity index (χ2n) is 5.62. The van der Waals surface area contributed by atoms with Crippen molar-refractivity contribution in [3.63, 3.8) is 0 Å². The summed E-state index contributed by atoms with van der Waals surface area (Å²) in [6.07, 6.45) is 1.07. The van der Waals surface area contributed by atoms with Gasteiger partial charge in [0.1, 0.15) is 17.1 Å². The fourth-order valence-corrected chi connectivity index (χ4v) is 2.61. The molecule has 0 spiro atoms. The molecule has 0 aromatic heterocycles. The number of nitrogens with one attached hydrogen (secondary N) is 1. The van der Waals surface area contributed by atoms with Crippen LogP contribution in [0.5, 0.6) is 5.75 Å². The first kappa shape index (κ1) is 18.7. The minimum atomic E-state index is -1.04. The highest BCUT2D eigenvalue weighted by atomic mass is 19.1. The van der Waals surface area contributed by atoms with Crippen molar-refractivity contribution in [2.75, 3.05) is 12.0 Å². The van der Waals surface area contributed by atoms with Crippen LogP contribution in [0.4, 0.5) is 20.6 Å². The van der Waals surface area contributed by atoms with Crippen LogP contribution in [0, 0.1) is 15.9 Å². The number of nitro benzene ring substituents is 1. The topological polar surface area (TPSA) is 119 Å². The predicted octanol–water partition coefficient (Wildman–Crippen LogP) is 2.41. The van der Waals surface area contributed by atoms with Gasteiger partial charge >= 0.3 is 6.03 Å². The van der Waals surface area contributed by atoms with Gasteiger partial charge in [-0.2, -0.15) is 0 Å². The summed E-state index contributed by atoms with van der Waals surface area (Å²) in [4.78, 5) is 48.0. The van der Waals surface area contributed by atoms with E-state index in [0.717, 1.165) is 24.3 Å². The molecule has 4 amide bonds. The summed E-state index contributed by atoms with van der Waals surface area (Å²) in [5.41, 5.74) is -0.743. The fourth-order valence-electron chi connectivity index (χ4n) is 2.61. The quantitative estimate of drug-likeness (QED) is 0.374. The van der Waals surface area contributed by atoms with Crippen molar-refractivity contribution in [3.8, 4) is 5.75 Å². The first-order chi connectivity index (χ1) is 13.3. The Hall–Kier alpha value is -4.08. The Morgan fingerprint density at radius 3 is 2.57 bits per heavy atom. The minimum Gasteiger partial charge on any atom is -0.496 e. The number of hydrogen-bond donors (Lipinski definition) is 1. The molecule has 0 atom stereocenters. The lowest BCUT2D eigenvalue weighted by molar-refractivity contribution is -0.384. The summed E-state index contributed by atoms with van der Waals surface area (Å²) >= 11 is 0. The molecule has 2 aromatic carbocycles. The van der Waals surface area contributed by atoms with Crippen LogP contribution in [0.2, 0.25) is 0 Å². The number of halogens is 1. The van der Waals surface area contributed by atoms with Gasteiger partial charge in [-0.1, -0.05) is 6.07 Å². The Bertz CT molecular complexity index is 1050. The van der Waals surface area contributed by atoms with Gasteiger partial charge < -0.3 is 4.74 Å². The molecular formula is C18H12FN3O6. The van der Waals surface area contributed by atoms with Crippen molar-refractivity contribution in [2.24, 2.45) is 0 Å². The number of rotatable bonds is 4. The number of benzene rings is 2. The Morgan fingerprint density at radius 1 is 1.18 bits per heavy atom. The minimum absolute atomic E-state index is 0.0769. The summed E-state index contributed by atoms with van der Waals surface area (Å²) in [6.45, 7) is 0. The van der Waals surface area contributed by atoms with E-state index in [1.54, 1.807) is 0 Å². The zero-order valence-electron chi connectivity index (χ0n) is 14.3. The number of urea groups is 1. The Morgan fingerprint density at radius 2 is 1.93 bits per heavy atom. The lowest BCUT2D eigenvalue weighted by Gasteiger charge is -2.26. The average Bonchev–Trinajstić information content (AvgIpc) is 2.64. The van der Waals surface area contributed by atoms with Crippen molar-refractivity contribution in [2.45, 2.75) is 0 Å². The summed E-state index contributed by atoms with van der Waals surface area (Å²) in [5.74, 6) is -2.50. The van der Waals surface area contributed by atoms with E-state index in [0.29, 0.717) is 4.90 Å². The maximum atomic E-state index is 13.5. The Labute approximate surface area is 157 Å². The number of non-ortho nitro benzene ring substituents is 1. The highest BCUT2D eigenvalue weighted by Gasteiger charge is 2.37. The SMILES string of the molecule is COc1ccc([N+](=O)[O-])cc1/C=C1\C(=O)NC(=O)N(c2cccc(F)c2)C1=O. The van der Waals surface area contributed by atoms with Gasteiger partial charge in [-0.05, 0) is 30.3 Å². The molecule has 10 heteroatoms. The number of imide groups is 2. The van der Waals surface area contributed by atoms with E-state index in [9.17, 15) is 28.9 Å². The number of carbonyl (C=O) groups excluding carboxylic acids is 3. The molecule has 0 unspecified atom stereocenters. The molecule has 1 N–H and O–H groups in total. The Balaban J connectivity index is 2.09. The van der Waals surface area contributed by atoms with Crippen LogP contribution < -0.4 is 15.0 Å². The molecule has 3 rings (SSSR count). The van der Waals surface area contributed by atoms with Crippen LogP contribution in [-0.4, -0.2) is 29.9 Å². The van der Waals surface area contributed by atoms with Crippen molar-refractivity contribution in [1.82, 2.24) is 5.32 Å². The normalized spacial score (nSPS) is 15.6. The molecule has 1 saturated heterocycles. The second-order valence-corrected chi connectivity index (χ2v) is 5.62. The second kappa shape index (κ2) is 7.27. The van der Waals surface area contributed by atoms with Crippen LogP contribution in [0.3, 0.4) is 0 Å². The van der Waals surface area contributed by atoms with Gasteiger partial charge in [0.15, 0.2) is 0 Å². The van der Waals surface area contributed by atoms with E-state index in [2.05, 4.69) is 0 Å². The van der Waals surface area contributed by atoms with E-state index in [1.807, 2.05) is 5.32 Å². The number of nitro groups is 1. The molecule has 0 radical (unpaired) electrons. The number of anilines is 1. The van der Waals surface area contributed by atoms with Gasteiger partial charge in [0.2, 0.25) is 0 Å². The van der Waals surface area contributed by atoms with Gasteiger partial charge in [-0.3, -0.25) is 25.0 Å². The third-order valence-electron chi connectivity index (χ3n) is 3.89. The maximum absolute atomic E-state index is 13.5. The van der Waals surface area contributed by atoms with E-state index in [1.165, 1.54) is 31.4 Å². The van der Waals surface area contributed by atoms with Crippen LogP contribution in [0.25, 0.3) is 6.08 Å². The number of methoxy groups -OCH3 is 1. The fraction of sp³-hybridized carbons (Fsp3) is 0.0556. The number of carbonyl (C=O) groups is 3. The number of ether oxygens (including phenoxy) is 1. The monoisotopic (exact) mass is 385 g/mol. The molecule has 0 aliphatic carbocycles. The highest BCUT2D eigenvalue weighted by Crippen LogP contribution is 2.28. The van der Waals surface area contributed by atoms with Crippen molar-refractivity contribution >= 4 is 35.3 Å². The van der Waals surface area contributed by atoms with E-state index < -0.39 is 34.2 Å². The number of nitrogens with zero attached hydrogens (tertiary/aromatic N) is 2. The lowest BCUT2D eigenvalue weighted by Crippen LogP contribution is -2.54. The molecule has 1 heterocycles. The Kier molecular flexibility index (Phi) is 4.86. The number of amides is 4. The molecular weight excluding hydrogens is 373 g/mol. The standard InChI is InChI=1S/C18H12FN3O6/c1-28-15-6-5-13(22(26)27)7-10(15)8-14-16(23)20-18(25)21(17(14)24)12-4-2-3-11(19)9-12/h2-9H,1H3,(H,20,23,25)/b14-8+. The van der Waals surface area contributed by atoms with Crippen LogP contribution in [0.15, 0.2) is 48.0 Å². The van der Waals surface area contributed by atoms with Crippen molar-refractivity contribution in [3.05, 3.63) is 69.5 Å². The summed E-state index contributed by atoms with van der Waals surface area (Å²) in [5, 5.41) is 13.0. The maximum Gasteiger partial charge on any atom is 0.335 e. The van der Waals surface area contributed by atoms with Gasteiger partial charge in [0, 0.05) is 17.7 Å². The smallest absolute Gasteiger partial charge is 0.335 e. The van der Waals surface area contributed by atoms with Gasteiger partial charge in [-0.25, -0.2) is 14.1 Å². The molecule has 0 saturated carbocycles. The van der Waals surface area contributed by atoms with E-state index in [-0.39, 0.29) is 22.7 Å². The third kappa shape index (κ3) is 3.43. The largest absolute Gasteiger partial charge is 0.496 e. The zero-order valence-corrected chi connectivity index (χ0v) is 14.3. The van der Waals surface area contributed by atoms with Crippen molar-refractivity contribution in [1.29, 1.82) is 0 Å². The number of hydrogen-bond acceptors (Lipinski definition) is 6.